The maximum atomic E-state index is 4.22. The van der Waals surface area contributed by atoms with Crippen LogP contribution >= 0.6 is 11.8 Å². The second kappa shape index (κ2) is 8.42. The first-order valence-electron chi connectivity index (χ1n) is 7.05. The van der Waals surface area contributed by atoms with Crippen LogP contribution in [0.5, 0.6) is 0 Å². The second-order valence-electron chi connectivity index (χ2n) is 4.93. The Bertz CT molecular complexity index is 379. The van der Waals surface area contributed by atoms with E-state index < -0.39 is 0 Å². The third kappa shape index (κ3) is 4.89. The number of benzene rings is 1. The minimum absolute atomic E-state index is 1.20. The highest BCUT2D eigenvalue weighted by atomic mass is 32.2. The number of aryl methyl sites for hydroxylation is 1. The van der Waals surface area contributed by atoms with Gasteiger partial charge in [-0.1, -0.05) is 57.4 Å². The zero-order valence-electron chi connectivity index (χ0n) is 12.1. The highest BCUT2D eigenvalue weighted by molar-refractivity contribution is 8.08. The van der Waals surface area contributed by atoms with E-state index in [-0.39, 0.29) is 0 Å². The smallest absolute Gasteiger partial charge is 0.00753 e. The van der Waals surface area contributed by atoms with Crippen LogP contribution in [-0.4, -0.2) is 5.75 Å². The summed E-state index contributed by atoms with van der Waals surface area (Å²) in [7, 11) is 0. The Balaban J connectivity index is 2.35. The first-order valence-corrected chi connectivity index (χ1v) is 8.03. The molecule has 0 aliphatic carbocycles. The van der Waals surface area contributed by atoms with E-state index in [1.54, 1.807) is 0 Å². The van der Waals surface area contributed by atoms with Crippen molar-refractivity contribution in [3.63, 3.8) is 0 Å². The van der Waals surface area contributed by atoms with E-state index in [1.165, 1.54) is 59.5 Å². The molecule has 0 fully saturated rings. The van der Waals surface area contributed by atoms with Crippen LogP contribution in [0.15, 0.2) is 24.8 Å². The molecule has 0 aliphatic rings. The molecule has 0 N–H and O–H groups in total. The fourth-order valence-corrected chi connectivity index (χ4v) is 3.00. The minimum Gasteiger partial charge on any atom is -0.126 e. The van der Waals surface area contributed by atoms with Gasteiger partial charge in [-0.3, -0.25) is 0 Å². The Hall–Kier alpha value is -0.690. The fraction of sp³-hybridized carbons (Fsp3) is 0.529. The van der Waals surface area contributed by atoms with Crippen molar-refractivity contribution in [2.75, 3.05) is 5.75 Å². The fourth-order valence-electron chi connectivity index (χ4n) is 2.03. The van der Waals surface area contributed by atoms with Gasteiger partial charge in [0, 0.05) is 4.91 Å². The predicted molar refractivity (Wildman–Crippen MR) is 86.2 cm³/mol. The number of rotatable bonds is 8. The van der Waals surface area contributed by atoms with Crippen LogP contribution in [0.1, 0.15) is 55.7 Å². The SMILES string of the molecule is C=C(SCCCCCCC)c1cccc(C)c1C. The standard InChI is InChI=1S/C17H26S/c1-5-6-7-8-9-13-18-16(4)17-12-10-11-14(2)15(17)3/h10-12H,4-9,13H2,1-3H3. The van der Waals surface area contributed by atoms with Crippen LogP contribution in [0.4, 0.5) is 0 Å². The number of thioether (sulfide) groups is 1. The summed E-state index contributed by atoms with van der Waals surface area (Å²) < 4.78 is 0. The zero-order valence-corrected chi connectivity index (χ0v) is 12.9. The van der Waals surface area contributed by atoms with E-state index in [4.69, 9.17) is 0 Å². The average Bonchev–Trinajstić information content (AvgIpc) is 2.36. The van der Waals surface area contributed by atoms with Gasteiger partial charge < -0.3 is 0 Å². The lowest BCUT2D eigenvalue weighted by molar-refractivity contribution is 0.659. The molecule has 1 aromatic rings. The van der Waals surface area contributed by atoms with Crippen LogP contribution in [0.2, 0.25) is 0 Å². The van der Waals surface area contributed by atoms with Crippen LogP contribution in [0.25, 0.3) is 4.91 Å². The lowest BCUT2D eigenvalue weighted by Gasteiger charge is -2.11. The minimum atomic E-state index is 1.20. The maximum Gasteiger partial charge on any atom is 0.00753 e. The molecule has 100 valence electrons. The number of hydrogen-bond acceptors (Lipinski definition) is 1. The van der Waals surface area contributed by atoms with Gasteiger partial charge in [-0.2, -0.15) is 0 Å². The molecular weight excluding hydrogens is 236 g/mol. The molecule has 0 saturated heterocycles. The molecule has 0 amide bonds. The molecule has 0 spiro atoms. The molecule has 0 bridgehead atoms. The van der Waals surface area contributed by atoms with Gasteiger partial charge in [-0.15, -0.1) is 11.8 Å². The summed E-state index contributed by atoms with van der Waals surface area (Å²) in [4.78, 5) is 1.23. The summed E-state index contributed by atoms with van der Waals surface area (Å²) in [5, 5.41) is 0. The quantitative estimate of drug-likeness (QED) is 0.519. The maximum absolute atomic E-state index is 4.22. The van der Waals surface area contributed by atoms with Crippen molar-refractivity contribution < 1.29 is 0 Å². The Labute approximate surface area is 117 Å². The largest absolute Gasteiger partial charge is 0.126 e. The summed E-state index contributed by atoms with van der Waals surface area (Å²) in [6, 6.07) is 6.49. The van der Waals surface area contributed by atoms with Gasteiger partial charge in [0.2, 0.25) is 0 Å². The Morgan fingerprint density at radius 3 is 2.56 bits per heavy atom. The summed E-state index contributed by atoms with van der Waals surface area (Å²) in [6.07, 6.45) is 6.76. The molecule has 0 nitrogen and oxygen atoms in total. The van der Waals surface area contributed by atoms with Crippen molar-refractivity contribution in [1.82, 2.24) is 0 Å². The van der Waals surface area contributed by atoms with Crippen LogP contribution in [-0.2, 0) is 0 Å². The van der Waals surface area contributed by atoms with Gasteiger partial charge in [0.1, 0.15) is 0 Å². The van der Waals surface area contributed by atoms with Gasteiger partial charge in [0.25, 0.3) is 0 Å². The van der Waals surface area contributed by atoms with Gasteiger partial charge in [0.05, 0.1) is 0 Å². The van der Waals surface area contributed by atoms with Crippen LogP contribution in [0, 0.1) is 13.8 Å². The van der Waals surface area contributed by atoms with Gasteiger partial charge in [-0.25, -0.2) is 0 Å². The second-order valence-corrected chi connectivity index (χ2v) is 6.12. The van der Waals surface area contributed by atoms with Crippen LogP contribution < -0.4 is 0 Å². The van der Waals surface area contributed by atoms with Crippen molar-refractivity contribution >= 4 is 16.7 Å². The number of hydrogen-bond donors (Lipinski definition) is 0. The first kappa shape index (κ1) is 15.4. The van der Waals surface area contributed by atoms with Gasteiger partial charge in [0.15, 0.2) is 0 Å². The molecule has 0 radical (unpaired) electrons. The third-order valence-electron chi connectivity index (χ3n) is 3.43. The molecule has 0 aromatic heterocycles. The molecule has 1 heteroatoms. The Kier molecular flexibility index (Phi) is 7.19. The van der Waals surface area contributed by atoms with E-state index >= 15 is 0 Å². The molecule has 0 atom stereocenters. The molecule has 0 unspecified atom stereocenters. The molecule has 0 aliphatic heterocycles. The van der Waals surface area contributed by atoms with E-state index in [0.717, 1.165) is 0 Å². The first-order chi connectivity index (χ1) is 8.66. The van der Waals surface area contributed by atoms with E-state index in [1.807, 2.05) is 11.8 Å². The summed E-state index contributed by atoms with van der Waals surface area (Å²) in [5.41, 5.74) is 4.06. The lowest BCUT2D eigenvalue weighted by atomic mass is 10.0. The van der Waals surface area contributed by atoms with Crippen LogP contribution in [0.3, 0.4) is 0 Å². The topological polar surface area (TPSA) is 0 Å². The molecule has 0 heterocycles. The predicted octanol–water partition coefficient (Wildman–Crippen LogP) is 5.98. The molecule has 0 saturated carbocycles. The zero-order chi connectivity index (χ0) is 13.4. The van der Waals surface area contributed by atoms with Gasteiger partial charge in [-0.05, 0) is 42.7 Å². The monoisotopic (exact) mass is 262 g/mol. The number of unbranched alkanes of at least 4 members (excludes halogenated alkanes) is 4. The van der Waals surface area contributed by atoms with Crippen molar-refractivity contribution in [2.24, 2.45) is 0 Å². The Morgan fingerprint density at radius 1 is 1.11 bits per heavy atom. The van der Waals surface area contributed by atoms with Crippen molar-refractivity contribution in [3.05, 3.63) is 41.5 Å². The summed E-state index contributed by atoms with van der Waals surface area (Å²) in [6.45, 7) is 10.8. The highest BCUT2D eigenvalue weighted by Crippen LogP contribution is 2.30. The van der Waals surface area contributed by atoms with Crippen molar-refractivity contribution in [2.45, 2.75) is 52.9 Å². The van der Waals surface area contributed by atoms with E-state index in [9.17, 15) is 0 Å². The molecule has 1 aromatic carbocycles. The molecular formula is C17H26S. The van der Waals surface area contributed by atoms with Crippen molar-refractivity contribution in [1.29, 1.82) is 0 Å². The third-order valence-corrected chi connectivity index (χ3v) is 4.49. The average molecular weight is 262 g/mol. The summed E-state index contributed by atoms with van der Waals surface area (Å²) >= 11 is 1.92. The van der Waals surface area contributed by atoms with E-state index in [2.05, 4.69) is 45.5 Å². The van der Waals surface area contributed by atoms with Gasteiger partial charge >= 0.3 is 0 Å². The normalized spacial score (nSPS) is 10.6. The lowest BCUT2D eigenvalue weighted by Crippen LogP contribution is -1.90. The van der Waals surface area contributed by atoms with Crippen molar-refractivity contribution in [3.8, 4) is 0 Å². The van der Waals surface area contributed by atoms with E-state index in [0.29, 0.717) is 0 Å². The Morgan fingerprint density at radius 2 is 1.83 bits per heavy atom. The highest BCUT2D eigenvalue weighted by Gasteiger charge is 2.04. The summed E-state index contributed by atoms with van der Waals surface area (Å²) in [5.74, 6) is 1.20. The molecule has 18 heavy (non-hydrogen) atoms. The molecule has 1 rings (SSSR count).